The first-order valence-electron chi connectivity index (χ1n) is 7.63. The predicted molar refractivity (Wildman–Crippen MR) is 98.2 cm³/mol. The Kier molecular flexibility index (Phi) is 9.51. The van der Waals surface area contributed by atoms with Crippen LogP contribution in [-0.2, 0) is 20.2 Å². The van der Waals surface area contributed by atoms with Crippen molar-refractivity contribution in [1.29, 1.82) is 0 Å². The fraction of sp³-hybridized carbons (Fsp3) is 0. The Morgan fingerprint density at radius 3 is 1.15 bits per heavy atom. The van der Waals surface area contributed by atoms with Crippen LogP contribution < -0.4 is 103 Å². The Balaban J connectivity index is 0. The number of carbonyl (C=O) groups is 2. The van der Waals surface area contributed by atoms with E-state index in [1.165, 1.54) is 0 Å². The molecule has 1 aliphatic rings. The Hall–Kier alpha value is -0.727. The molecule has 20 heteroatoms. The number of nitrogens with zero attached hydrogens (tertiary/aromatic N) is 2. The molecule has 16 nitrogen and oxygen atoms in total. The molecule has 1 aliphatic carbocycles. The molecule has 0 saturated carbocycles. The van der Waals surface area contributed by atoms with E-state index < -0.39 is 96.6 Å². The number of nitro benzene ring substituents is 2. The normalized spacial score (nSPS) is 12.6. The zero-order valence-electron chi connectivity index (χ0n) is 18.7. The van der Waals surface area contributed by atoms with E-state index in [0.717, 1.165) is 0 Å². The molecule has 34 heavy (non-hydrogen) atoms. The average Bonchev–Trinajstić information content (AvgIpc) is 2.62. The molecule has 0 atom stereocenters. The fourth-order valence-corrected chi connectivity index (χ4v) is 4.32. The van der Waals surface area contributed by atoms with Crippen LogP contribution in [0.5, 0.6) is 11.5 Å². The van der Waals surface area contributed by atoms with Crippen LogP contribution in [-0.4, -0.2) is 57.6 Å². The third-order valence-corrected chi connectivity index (χ3v) is 6.08. The van der Waals surface area contributed by atoms with Gasteiger partial charge in [-0.2, -0.15) is 16.8 Å². The van der Waals surface area contributed by atoms with E-state index in [1.54, 1.807) is 0 Å². The van der Waals surface area contributed by atoms with Crippen molar-refractivity contribution in [1.82, 2.24) is 0 Å². The Morgan fingerprint density at radius 1 is 0.676 bits per heavy atom. The predicted octanol–water partition coefficient (Wildman–Crippen LogP) is -5.58. The molecular weight excluding hydrogens is 562 g/mol. The van der Waals surface area contributed by atoms with Crippen LogP contribution in [0.1, 0.15) is 34.7 Å². The molecule has 0 heterocycles. The molecule has 0 radical (unpaired) electrons. The summed E-state index contributed by atoms with van der Waals surface area (Å²) in [5.41, 5.74) is -8.51. The first-order chi connectivity index (χ1) is 14.5. The summed E-state index contributed by atoms with van der Waals surface area (Å²) in [6.07, 6.45) is 0. The van der Waals surface area contributed by atoms with Gasteiger partial charge in [-0.3, -0.25) is 38.9 Å². The Bertz CT molecular complexity index is 1430. The zero-order chi connectivity index (χ0) is 24.5. The van der Waals surface area contributed by atoms with Gasteiger partial charge in [0.05, 0.1) is 21.0 Å². The van der Waals surface area contributed by atoms with Crippen LogP contribution >= 0.6 is 0 Å². The van der Waals surface area contributed by atoms with Crippen LogP contribution in [0.4, 0.5) is 11.4 Å². The molecule has 0 saturated heterocycles. The van der Waals surface area contributed by atoms with Crippen LogP contribution in [0.2, 0.25) is 0 Å². The maximum Gasteiger partial charge on any atom is 1.00 e. The minimum Gasteiger partial charge on any atom is -1.00 e. The van der Waals surface area contributed by atoms with Gasteiger partial charge >= 0.3 is 103 Å². The number of carbonyl (C=O) groups excluding carboxylic acids is 2. The van der Waals surface area contributed by atoms with Crippen LogP contribution in [0, 0.1) is 20.2 Å². The second-order valence-electron chi connectivity index (χ2n) is 6.11. The minimum atomic E-state index is -5.42. The first-order valence-corrected chi connectivity index (χ1v) is 10.5. The number of aromatic hydroxyl groups is 2. The summed E-state index contributed by atoms with van der Waals surface area (Å²) in [6, 6.07) is 0.0234. The molecule has 4 N–H and O–H groups in total. The van der Waals surface area contributed by atoms with Crippen molar-refractivity contribution in [2.75, 3.05) is 0 Å². The van der Waals surface area contributed by atoms with Gasteiger partial charge in [-0.1, -0.05) is 0 Å². The topological polar surface area (TPSA) is 270 Å². The second-order valence-corrected chi connectivity index (χ2v) is 8.89. The van der Waals surface area contributed by atoms with Gasteiger partial charge in [-0.15, -0.1) is 0 Å². The van der Waals surface area contributed by atoms with Crippen LogP contribution in [0.15, 0.2) is 21.9 Å². The van der Waals surface area contributed by atoms with Crippen molar-refractivity contribution in [2.45, 2.75) is 9.79 Å². The van der Waals surface area contributed by atoms with Gasteiger partial charge in [0.25, 0.3) is 31.6 Å². The van der Waals surface area contributed by atoms with Crippen LogP contribution in [0.3, 0.4) is 0 Å². The minimum absolute atomic E-state index is 0. The van der Waals surface area contributed by atoms with Crippen LogP contribution in [0.25, 0.3) is 0 Å². The molecule has 2 aromatic carbocycles. The Labute approximate surface area is 276 Å². The maximum atomic E-state index is 12.9. The number of benzene rings is 2. The van der Waals surface area contributed by atoms with E-state index in [2.05, 4.69) is 0 Å². The summed E-state index contributed by atoms with van der Waals surface area (Å²) in [7, 11) is -10.8. The van der Waals surface area contributed by atoms with Crippen molar-refractivity contribution in [3.8, 4) is 11.5 Å². The van der Waals surface area contributed by atoms with Gasteiger partial charge in [-0.05, 0) is 0 Å². The van der Waals surface area contributed by atoms with Gasteiger partial charge in [-0.25, -0.2) is 0 Å². The van der Waals surface area contributed by atoms with Crippen molar-refractivity contribution in [3.05, 3.63) is 54.6 Å². The van der Waals surface area contributed by atoms with E-state index in [0.29, 0.717) is 0 Å². The molecule has 0 aliphatic heterocycles. The number of hydrogen-bond acceptors (Lipinski definition) is 12. The Morgan fingerprint density at radius 2 is 0.941 bits per heavy atom. The van der Waals surface area contributed by atoms with Crippen molar-refractivity contribution >= 4 is 43.2 Å². The fourth-order valence-electron chi connectivity index (χ4n) is 3.10. The number of fused-ring (bicyclic) bond motifs is 2. The number of nitro groups is 2. The molecule has 0 unspecified atom stereocenters. The van der Waals surface area contributed by atoms with E-state index in [-0.39, 0.29) is 118 Å². The third kappa shape index (κ3) is 5.06. The summed E-state index contributed by atoms with van der Waals surface area (Å²) in [5.74, 6) is -6.90. The van der Waals surface area contributed by atoms with Crippen molar-refractivity contribution in [3.63, 3.8) is 0 Å². The molecule has 0 aromatic heterocycles. The summed E-state index contributed by atoms with van der Waals surface area (Å²) in [5, 5.41) is 43.1. The summed E-state index contributed by atoms with van der Waals surface area (Å²) >= 11 is 0. The summed E-state index contributed by atoms with van der Waals surface area (Å²) < 4.78 is 64.2. The molecule has 3 rings (SSSR count). The molecule has 0 spiro atoms. The molecule has 0 amide bonds. The van der Waals surface area contributed by atoms with Gasteiger partial charge in [0.1, 0.15) is 32.4 Å². The van der Waals surface area contributed by atoms with Gasteiger partial charge in [0.15, 0.2) is 0 Å². The first kappa shape index (κ1) is 31.3. The quantitative estimate of drug-likeness (QED) is 0.0986. The molecule has 0 bridgehead atoms. The van der Waals surface area contributed by atoms with E-state index >= 15 is 0 Å². The smallest absolute Gasteiger partial charge is 1.00 e. The number of ketones is 2. The van der Waals surface area contributed by atoms with E-state index in [9.17, 15) is 66.0 Å². The van der Waals surface area contributed by atoms with Gasteiger partial charge < -0.3 is 13.1 Å². The summed E-state index contributed by atoms with van der Waals surface area (Å²) in [4.78, 5) is 42.7. The number of phenolic OH excluding ortho intramolecular Hbond substituents is 2. The number of phenols is 2. The van der Waals surface area contributed by atoms with Gasteiger partial charge in [0.2, 0.25) is 11.6 Å². The van der Waals surface area contributed by atoms with E-state index in [1.807, 2.05) is 0 Å². The molecule has 172 valence electrons. The SMILES string of the molecule is O=C1c2c([N+](=O)[O-])cc(S(=O)(=O)O)c(O)c2C(=O)c2c([N+](=O)[O-])cc(S(=O)(=O)O)c(O)c21.[H-].[H-].[K+].[K+]. The second kappa shape index (κ2) is 10.3. The summed E-state index contributed by atoms with van der Waals surface area (Å²) in [6.45, 7) is 0. The van der Waals surface area contributed by atoms with Crippen molar-refractivity contribution < 1.29 is 161 Å². The third-order valence-electron chi connectivity index (χ3n) is 4.35. The molecule has 0 fully saturated rings. The van der Waals surface area contributed by atoms with E-state index in [4.69, 9.17) is 0 Å². The number of rotatable bonds is 4. The zero-order valence-corrected chi connectivity index (χ0v) is 24.6. The molecular formula is C14H8K2N2O14S2. The number of hydrogen-bond donors (Lipinski definition) is 4. The van der Waals surface area contributed by atoms with Gasteiger partial charge in [0, 0.05) is 12.1 Å². The molecule has 2 aromatic rings. The maximum absolute atomic E-state index is 12.9. The van der Waals surface area contributed by atoms with Crippen molar-refractivity contribution in [2.24, 2.45) is 0 Å². The standard InChI is InChI=1S/C14H6N2O14S2.2K.2H/c17-11-5(31(25,26)27)1-3(15(21)22)7-9(11)14(20)8-4(16(23)24)2-6(32(28,29)30)12(18)10(8)13(7)19;;;;/h1-2,17-18H,(H,25,26,27)(H,28,29,30);;;;/q;2*+1;2*-1. The largest absolute Gasteiger partial charge is 1.00 e. The average molecular weight is 571 g/mol. The monoisotopic (exact) mass is 570 g/mol.